The molecule has 1 saturated heterocycles. The topological polar surface area (TPSA) is 70.5 Å². The third-order valence-electron chi connectivity index (χ3n) is 5.44. The van der Waals surface area contributed by atoms with Gasteiger partial charge in [-0.2, -0.15) is 5.10 Å². The van der Waals surface area contributed by atoms with Crippen LogP contribution < -0.4 is 5.32 Å². The second-order valence-corrected chi connectivity index (χ2v) is 7.66. The molecule has 0 bridgehead atoms. The van der Waals surface area contributed by atoms with Crippen LogP contribution in [-0.4, -0.2) is 64.7 Å². The lowest BCUT2D eigenvalue weighted by molar-refractivity contribution is 0.0927. The SMILES string of the molecule is CN(C)C(=O)N1C[C@@H](NC(=O)c2cccc(-n3cccn3)c2)[C@H](C2CC2)C1. The molecule has 7 heteroatoms. The Morgan fingerprint density at radius 2 is 2.00 bits per heavy atom. The van der Waals surface area contributed by atoms with E-state index in [9.17, 15) is 9.59 Å². The van der Waals surface area contributed by atoms with Crippen molar-refractivity contribution in [1.29, 1.82) is 0 Å². The van der Waals surface area contributed by atoms with Crippen LogP contribution in [0.25, 0.3) is 5.69 Å². The molecule has 2 atom stereocenters. The number of benzene rings is 1. The zero-order valence-corrected chi connectivity index (χ0v) is 15.7. The smallest absolute Gasteiger partial charge is 0.319 e. The molecule has 2 aromatic rings. The van der Waals surface area contributed by atoms with E-state index in [1.165, 1.54) is 12.8 Å². The minimum atomic E-state index is -0.0983. The molecule has 7 nitrogen and oxygen atoms in total. The largest absolute Gasteiger partial charge is 0.347 e. The number of rotatable bonds is 4. The van der Waals surface area contributed by atoms with Gasteiger partial charge in [0.2, 0.25) is 0 Å². The summed E-state index contributed by atoms with van der Waals surface area (Å²) >= 11 is 0. The van der Waals surface area contributed by atoms with Crippen molar-refractivity contribution in [3.63, 3.8) is 0 Å². The summed E-state index contributed by atoms with van der Waals surface area (Å²) in [6.45, 7) is 1.29. The van der Waals surface area contributed by atoms with Gasteiger partial charge in [-0.3, -0.25) is 4.79 Å². The molecule has 0 spiro atoms. The maximum atomic E-state index is 12.9. The van der Waals surface area contributed by atoms with Crippen LogP contribution in [0.3, 0.4) is 0 Å². The van der Waals surface area contributed by atoms with Crippen LogP contribution in [0.2, 0.25) is 0 Å². The number of hydrogen-bond acceptors (Lipinski definition) is 3. The number of aromatic nitrogens is 2. The zero-order chi connectivity index (χ0) is 19.0. The van der Waals surface area contributed by atoms with Gasteiger partial charge in [0.05, 0.1) is 11.7 Å². The summed E-state index contributed by atoms with van der Waals surface area (Å²) in [5.41, 5.74) is 1.46. The van der Waals surface area contributed by atoms with Crippen molar-refractivity contribution in [2.24, 2.45) is 11.8 Å². The van der Waals surface area contributed by atoms with E-state index in [4.69, 9.17) is 0 Å². The molecule has 1 aliphatic carbocycles. The zero-order valence-electron chi connectivity index (χ0n) is 15.7. The number of hydrogen-bond donors (Lipinski definition) is 1. The molecular formula is C20H25N5O2. The summed E-state index contributed by atoms with van der Waals surface area (Å²) in [7, 11) is 3.53. The molecule has 1 aliphatic heterocycles. The van der Waals surface area contributed by atoms with E-state index < -0.39 is 0 Å². The first-order valence-corrected chi connectivity index (χ1v) is 9.40. The Balaban J connectivity index is 1.48. The van der Waals surface area contributed by atoms with Crippen molar-refractivity contribution in [3.8, 4) is 5.69 Å². The summed E-state index contributed by atoms with van der Waals surface area (Å²) in [4.78, 5) is 28.7. The quantitative estimate of drug-likeness (QED) is 0.898. The second-order valence-electron chi connectivity index (χ2n) is 7.66. The van der Waals surface area contributed by atoms with Gasteiger partial charge in [-0.1, -0.05) is 6.07 Å². The normalized spacial score (nSPS) is 21.9. The predicted molar refractivity (Wildman–Crippen MR) is 102 cm³/mol. The van der Waals surface area contributed by atoms with E-state index in [2.05, 4.69) is 10.4 Å². The molecule has 27 heavy (non-hydrogen) atoms. The number of likely N-dealkylation sites (tertiary alicyclic amines) is 1. The summed E-state index contributed by atoms with van der Waals surface area (Å²) in [6, 6.07) is 9.30. The van der Waals surface area contributed by atoms with E-state index in [0.717, 1.165) is 12.2 Å². The number of nitrogens with one attached hydrogen (secondary N) is 1. The van der Waals surface area contributed by atoms with Gasteiger partial charge in [0.15, 0.2) is 0 Å². The lowest BCUT2D eigenvalue weighted by atomic mass is 9.98. The van der Waals surface area contributed by atoms with Gasteiger partial charge in [0.1, 0.15) is 0 Å². The Labute approximate surface area is 158 Å². The van der Waals surface area contributed by atoms with E-state index in [1.54, 1.807) is 29.9 Å². The lowest BCUT2D eigenvalue weighted by Crippen LogP contribution is -2.42. The number of amides is 3. The van der Waals surface area contributed by atoms with E-state index in [1.807, 2.05) is 41.4 Å². The fourth-order valence-corrected chi connectivity index (χ4v) is 3.89. The van der Waals surface area contributed by atoms with Crippen LogP contribution >= 0.6 is 0 Å². The summed E-state index contributed by atoms with van der Waals surface area (Å²) in [5.74, 6) is 0.858. The fourth-order valence-electron chi connectivity index (χ4n) is 3.89. The van der Waals surface area contributed by atoms with Gasteiger partial charge >= 0.3 is 6.03 Å². The van der Waals surface area contributed by atoms with E-state index >= 15 is 0 Å². The van der Waals surface area contributed by atoms with Gasteiger partial charge in [-0.15, -0.1) is 0 Å². The average molecular weight is 367 g/mol. The molecule has 3 amide bonds. The molecule has 1 aromatic carbocycles. The fraction of sp³-hybridized carbons (Fsp3) is 0.450. The van der Waals surface area contributed by atoms with Gasteiger partial charge < -0.3 is 15.1 Å². The minimum absolute atomic E-state index is 0.00209. The van der Waals surface area contributed by atoms with Crippen molar-refractivity contribution in [1.82, 2.24) is 24.9 Å². The first-order chi connectivity index (χ1) is 13.0. The van der Waals surface area contributed by atoms with Crippen LogP contribution in [0.15, 0.2) is 42.7 Å². The standard InChI is InChI=1S/C20H25N5O2/c1-23(2)20(27)24-12-17(14-7-8-14)18(13-24)22-19(26)15-5-3-6-16(11-15)25-10-4-9-21-25/h3-6,9-11,14,17-18H,7-8,12-13H2,1-2H3,(H,22,26)/t17-,18+/m0/s1. The maximum absolute atomic E-state index is 12.9. The Kier molecular flexibility index (Phi) is 4.59. The molecule has 0 radical (unpaired) electrons. The highest BCUT2D eigenvalue weighted by atomic mass is 16.2. The van der Waals surface area contributed by atoms with Crippen LogP contribution in [-0.2, 0) is 0 Å². The molecule has 2 fully saturated rings. The van der Waals surface area contributed by atoms with Crippen molar-refractivity contribution in [2.75, 3.05) is 27.2 Å². The molecule has 142 valence electrons. The monoisotopic (exact) mass is 367 g/mol. The van der Waals surface area contributed by atoms with Crippen LogP contribution in [0, 0.1) is 11.8 Å². The first-order valence-electron chi connectivity index (χ1n) is 9.40. The van der Waals surface area contributed by atoms with E-state index in [-0.39, 0.29) is 18.0 Å². The Bertz CT molecular complexity index is 829. The maximum Gasteiger partial charge on any atom is 0.319 e. The minimum Gasteiger partial charge on any atom is -0.347 e. The Hall–Kier alpha value is -2.83. The summed E-state index contributed by atoms with van der Waals surface area (Å²) < 4.78 is 1.73. The third kappa shape index (κ3) is 3.67. The lowest BCUT2D eigenvalue weighted by Gasteiger charge is -2.21. The molecule has 1 aromatic heterocycles. The highest BCUT2D eigenvalue weighted by molar-refractivity contribution is 5.95. The molecular weight excluding hydrogens is 342 g/mol. The molecule has 1 saturated carbocycles. The predicted octanol–water partition coefficient (Wildman–Crippen LogP) is 1.99. The number of urea groups is 1. The molecule has 4 rings (SSSR count). The van der Waals surface area contributed by atoms with Crippen molar-refractivity contribution < 1.29 is 9.59 Å². The highest BCUT2D eigenvalue weighted by Crippen LogP contribution is 2.41. The molecule has 0 unspecified atom stereocenters. The first kappa shape index (κ1) is 17.6. The summed E-state index contributed by atoms with van der Waals surface area (Å²) in [5, 5.41) is 7.40. The Morgan fingerprint density at radius 1 is 1.19 bits per heavy atom. The Morgan fingerprint density at radius 3 is 2.67 bits per heavy atom. The van der Waals surface area contributed by atoms with Crippen molar-refractivity contribution >= 4 is 11.9 Å². The van der Waals surface area contributed by atoms with Crippen molar-refractivity contribution in [2.45, 2.75) is 18.9 Å². The van der Waals surface area contributed by atoms with Crippen molar-refractivity contribution in [3.05, 3.63) is 48.3 Å². The number of carbonyl (C=O) groups excluding carboxylic acids is 2. The third-order valence-corrected chi connectivity index (χ3v) is 5.44. The van der Waals surface area contributed by atoms with Gasteiger partial charge in [0.25, 0.3) is 5.91 Å². The summed E-state index contributed by atoms with van der Waals surface area (Å²) in [6.07, 6.45) is 5.94. The average Bonchev–Trinajstić information content (AvgIpc) is 3.19. The molecule has 2 heterocycles. The van der Waals surface area contributed by atoms with Gasteiger partial charge in [0, 0.05) is 51.1 Å². The van der Waals surface area contributed by atoms with Gasteiger partial charge in [-0.25, -0.2) is 9.48 Å². The molecule has 2 aliphatic rings. The highest BCUT2D eigenvalue weighted by Gasteiger charge is 2.44. The van der Waals surface area contributed by atoms with Crippen LogP contribution in [0.1, 0.15) is 23.2 Å². The van der Waals surface area contributed by atoms with Crippen LogP contribution in [0.5, 0.6) is 0 Å². The van der Waals surface area contributed by atoms with Gasteiger partial charge in [-0.05, 0) is 43.0 Å². The second kappa shape index (κ2) is 7.06. The van der Waals surface area contributed by atoms with Crippen LogP contribution in [0.4, 0.5) is 4.79 Å². The van der Waals surface area contributed by atoms with E-state index in [0.29, 0.717) is 23.9 Å². The molecule has 1 N–H and O–H groups in total. The number of carbonyl (C=O) groups is 2. The number of nitrogens with zero attached hydrogens (tertiary/aromatic N) is 4.